The Morgan fingerprint density at radius 3 is 1.75 bits per heavy atom. The topological polar surface area (TPSA) is 26.3 Å². The number of carbonyl (C=O) groups is 1. The second-order valence-electron chi connectivity index (χ2n) is 11.2. The van der Waals surface area contributed by atoms with Gasteiger partial charge in [0.1, 0.15) is 0 Å². The normalized spacial score (nSPS) is 41.4. The molecule has 0 radical (unpaired) electrons. The van der Waals surface area contributed by atoms with Crippen molar-refractivity contribution in [3.05, 3.63) is 0 Å². The van der Waals surface area contributed by atoms with Crippen LogP contribution in [0.3, 0.4) is 0 Å². The van der Waals surface area contributed by atoms with Gasteiger partial charge in [0.25, 0.3) is 0 Å². The summed E-state index contributed by atoms with van der Waals surface area (Å²) in [5.74, 6) is 8.60. The first-order chi connectivity index (χ1) is 13.6. The minimum Gasteiger partial charge on any atom is -0.469 e. The molecule has 2 nitrogen and oxygen atoms in total. The Kier molecular flexibility index (Phi) is 6.73. The van der Waals surface area contributed by atoms with Crippen molar-refractivity contribution in [3.8, 4) is 0 Å². The number of esters is 1. The molecule has 0 aromatic heterocycles. The number of ether oxygens (including phenoxy) is 1. The van der Waals surface area contributed by atoms with E-state index in [1.54, 1.807) is 25.7 Å². The van der Waals surface area contributed by atoms with Crippen LogP contribution in [0.25, 0.3) is 0 Å². The van der Waals surface area contributed by atoms with E-state index in [9.17, 15) is 4.79 Å². The lowest BCUT2D eigenvalue weighted by Crippen LogP contribution is -2.12. The summed E-state index contributed by atoms with van der Waals surface area (Å²) in [6.45, 7) is 4.33. The van der Waals surface area contributed by atoms with E-state index in [0.717, 1.165) is 53.8 Å². The monoisotopic (exact) mass is 388 g/mol. The number of unbranched alkanes of at least 4 members (excludes halogenated alkanes) is 2. The van der Waals surface area contributed by atoms with Crippen LogP contribution in [0.2, 0.25) is 0 Å². The summed E-state index contributed by atoms with van der Waals surface area (Å²) >= 11 is 0. The van der Waals surface area contributed by atoms with Gasteiger partial charge in [0.15, 0.2) is 0 Å². The Labute approximate surface area is 173 Å². The first-order valence-electron chi connectivity index (χ1n) is 12.7. The minimum atomic E-state index is -0.0306. The van der Waals surface area contributed by atoms with Crippen LogP contribution in [-0.4, -0.2) is 13.1 Å². The van der Waals surface area contributed by atoms with Gasteiger partial charge in [-0.1, -0.05) is 39.5 Å². The first kappa shape index (κ1) is 20.7. The van der Waals surface area contributed by atoms with E-state index in [1.807, 2.05) is 6.92 Å². The highest BCUT2D eigenvalue weighted by atomic mass is 16.5. The molecule has 0 saturated heterocycles. The van der Waals surface area contributed by atoms with Crippen molar-refractivity contribution in [1.82, 2.24) is 0 Å². The van der Waals surface area contributed by atoms with Crippen molar-refractivity contribution in [3.63, 3.8) is 0 Å². The highest BCUT2D eigenvalue weighted by Crippen LogP contribution is 2.60. The van der Waals surface area contributed by atoms with Crippen LogP contribution in [0, 0.1) is 53.3 Å². The average molecular weight is 389 g/mol. The molecule has 0 amide bonds. The van der Waals surface area contributed by atoms with E-state index in [0.29, 0.717) is 0 Å². The number of rotatable bonds is 14. The van der Waals surface area contributed by atoms with Crippen LogP contribution in [0.15, 0.2) is 0 Å². The number of carbonyl (C=O) groups excluding carboxylic acids is 1. The van der Waals surface area contributed by atoms with Crippen molar-refractivity contribution < 1.29 is 9.53 Å². The molecule has 4 rings (SSSR count). The molecule has 0 heterocycles. The zero-order chi connectivity index (χ0) is 19.7. The molecule has 4 aliphatic rings. The zero-order valence-electron chi connectivity index (χ0n) is 18.7. The maximum Gasteiger partial charge on any atom is 0.308 e. The predicted octanol–water partition coefficient (Wildman–Crippen LogP) is 6.87. The molecule has 0 N–H and O–H groups in total. The second-order valence-corrected chi connectivity index (χ2v) is 11.2. The zero-order valence-corrected chi connectivity index (χ0v) is 18.7. The first-order valence-corrected chi connectivity index (χ1v) is 12.7. The van der Waals surface area contributed by atoms with Gasteiger partial charge in [-0.05, 0) is 105 Å². The third-order valence-electron chi connectivity index (χ3n) is 8.85. The maximum atomic E-state index is 11.5. The van der Waals surface area contributed by atoms with Crippen molar-refractivity contribution in [2.45, 2.75) is 97.3 Å². The van der Waals surface area contributed by atoms with Gasteiger partial charge in [-0.2, -0.15) is 0 Å². The molecule has 4 aliphatic carbocycles. The van der Waals surface area contributed by atoms with Crippen LogP contribution < -0.4 is 0 Å². The lowest BCUT2D eigenvalue weighted by Gasteiger charge is -2.08. The van der Waals surface area contributed by atoms with E-state index in [-0.39, 0.29) is 11.9 Å². The van der Waals surface area contributed by atoms with Crippen LogP contribution in [0.4, 0.5) is 0 Å². The number of methoxy groups -OCH3 is 1. The molecule has 28 heavy (non-hydrogen) atoms. The summed E-state index contributed by atoms with van der Waals surface area (Å²) in [4.78, 5) is 11.5. The highest BCUT2D eigenvalue weighted by Gasteiger charge is 2.50. The Balaban J connectivity index is 1.02. The van der Waals surface area contributed by atoms with Crippen LogP contribution in [0.1, 0.15) is 97.3 Å². The number of hydrogen-bond acceptors (Lipinski definition) is 2. The quantitative estimate of drug-likeness (QED) is 0.240. The highest BCUT2D eigenvalue weighted by molar-refractivity contribution is 5.71. The van der Waals surface area contributed by atoms with Crippen LogP contribution in [0.5, 0.6) is 0 Å². The molecular weight excluding hydrogens is 344 g/mol. The molecule has 160 valence electrons. The summed E-state index contributed by atoms with van der Waals surface area (Å²) in [6, 6.07) is 0. The van der Waals surface area contributed by atoms with Crippen molar-refractivity contribution in [2.75, 3.05) is 7.11 Å². The molecule has 0 spiro atoms. The van der Waals surface area contributed by atoms with E-state index in [1.165, 1.54) is 58.5 Å². The van der Waals surface area contributed by atoms with Gasteiger partial charge >= 0.3 is 5.97 Å². The SMILES string of the molecule is CCCCCC1CC1CC1CC1CC1CC1CC1CC1CCC(C)C(=O)OC. The predicted molar refractivity (Wildman–Crippen MR) is 115 cm³/mol. The standard InChI is InChI=1S/C26H44O2/c1-4-5-6-7-18-10-20(18)12-22-14-24(22)16-25-15-23(25)13-21-11-19(21)9-8-17(2)26(27)28-3/h17-25H,4-16H2,1-3H3. The molecule has 2 heteroatoms. The largest absolute Gasteiger partial charge is 0.469 e. The average Bonchev–Trinajstić information content (AvgIpc) is 3.49. The fraction of sp³-hybridized carbons (Fsp3) is 0.962. The molecule has 4 fully saturated rings. The van der Waals surface area contributed by atoms with E-state index < -0.39 is 0 Å². The Morgan fingerprint density at radius 2 is 1.25 bits per heavy atom. The smallest absolute Gasteiger partial charge is 0.308 e. The van der Waals surface area contributed by atoms with Gasteiger partial charge in [-0.3, -0.25) is 4.79 Å². The van der Waals surface area contributed by atoms with Crippen molar-refractivity contribution >= 4 is 5.97 Å². The van der Waals surface area contributed by atoms with Gasteiger partial charge < -0.3 is 4.74 Å². The molecule has 9 atom stereocenters. The third kappa shape index (κ3) is 5.76. The lowest BCUT2D eigenvalue weighted by molar-refractivity contribution is -0.145. The molecular formula is C26H44O2. The van der Waals surface area contributed by atoms with Gasteiger partial charge in [0, 0.05) is 0 Å². The molecule has 4 saturated carbocycles. The van der Waals surface area contributed by atoms with Gasteiger partial charge in [0.2, 0.25) is 0 Å². The van der Waals surface area contributed by atoms with Gasteiger partial charge in [-0.15, -0.1) is 0 Å². The number of hydrogen-bond donors (Lipinski definition) is 0. The Morgan fingerprint density at radius 1 is 0.786 bits per heavy atom. The summed E-state index contributed by atoms with van der Waals surface area (Å²) in [6.07, 6.45) is 18.9. The van der Waals surface area contributed by atoms with E-state index in [4.69, 9.17) is 4.74 Å². The molecule has 0 aromatic rings. The fourth-order valence-corrected chi connectivity index (χ4v) is 6.29. The summed E-state index contributed by atoms with van der Waals surface area (Å²) in [5.41, 5.74) is 0. The molecule has 0 aromatic carbocycles. The second kappa shape index (κ2) is 9.09. The van der Waals surface area contributed by atoms with Crippen molar-refractivity contribution in [1.29, 1.82) is 0 Å². The summed E-state index contributed by atoms with van der Waals surface area (Å²) in [5, 5.41) is 0. The lowest BCUT2D eigenvalue weighted by atomic mass is 10.0. The molecule has 0 bridgehead atoms. The maximum absolute atomic E-state index is 11.5. The molecule has 0 aliphatic heterocycles. The van der Waals surface area contributed by atoms with Crippen LogP contribution >= 0.6 is 0 Å². The van der Waals surface area contributed by atoms with E-state index >= 15 is 0 Å². The summed E-state index contributed by atoms with van der Waals surface area (Å²) in [7, 11) is 1.51. The van der Waals surface area contributed by atoms with Crippen LogP contribution in [-0.2, 0) is 9.53 Å². The van der Waals surface area contributed by atoms with Gasteiger partial charge in [-0.25, -0.2) is 0 Å². The van der Waals surface area contributed by atoms with Gasteiger partial charge in [0.05, 0.1) is 13.0 Å². The van der Waals surface area contributed by atoms with E-state index in [2.05, 4.69) is 6.92 Å². The summed E-state index contributed by atoms with van der Waals surface area (Å²) < 4.78 is 4.85. The fourth-order valence-electron chi connectivity index (χ4n) is 6.29. The minimum absolute atomic E-state index is 0.0306. The molecule has 9 unspecified atom stereocenters. The van der Waals surface area contributed by atoms with Crippen molar-refractivity contribution in [2.24, 2.45) is 53.3 Å². The third-order valence-corrected chi connectivity index (χ3v) is 8.85. The Hall–Kier alpha value is -0.530. The Bertz CT molecular complexity index is 529.